The van der Waals surface area contributed by atoms with Crippen molar-refractivity contribution < 1.29 is 14.8 Å². The van der Waals surface area contributed by atoms with Crippen molar-refractivity contribution in [1.29, 1.82) is 0 Å². The van der Waals surface area contributed by atoms with Crippen LogP contribution in [-0.2, 0) is 0 Å². The van der Waals surface area contributed by atoms with Crippen molar-refractivity contribution in [3.05, 3.63) is 62.6 Å². The number of carboxylic acid groups (broad SMARTS) is 1. The highest BCUT2D eigenvalue weighted by molar-refractivity contribution is 9.10. The Morgan fingerprint density at radius 3 is 2.40 bits per heavy atom. The fraction of sp³-hybridized carbons (Fsp3) is 0. The van der Waals surface area contributed by atoms with Gasteiger partial charge in [-0.2, -0.15) is 0 Å². The lowest BCUT2D eigenvalue weighted by Crippen LogP contribution is -1.98. The molecule has 0 aliphatic heterocycles. The van der Waals surface area contributed by atoms with Crippen molar-refractivity contribution in [2.45, 2.75) is 9.79 Å². The zero-order valence-corrected chi connectivity index (χ0v) is 12.3. The van der Waals surface area contributed by atoms with Crippen LogP contribution >= 0.6 is 27.7 Å². The summed E-state index contributed by atoms with van der Waals surface area (Å²) in [6, 6.07) is 10.8. The predicted molar refractivity (Wildman–Crippen MR) is 78.3 cm³/mol. The molecule has 0 saturated heterocycles. The maximum absolute atomic E-state index is 11.1. The molecule has 2 rings (SSSR count). The average molecular weight is 354 g/mol. The smallest absolute Gasteiger partial charge is 0.336 e. The standard InChI is InChI=1S/C13H8BrNO4S/c14-8-1-6-11(13(16)17)12(7-8)20-10-4-2-9(3-5-10)15(18)19/h1-7H,(H,16,17). The van der Waals surface area contributed by atoms with E-state index in [0.29, 0.717) is 4.90 Å². The van der Waals surface area contributed by atoms with E-state index in [4.69, 9.17) is 5.11 Å². The second kappa shape index (κ2) is 6.06. The fourth-order valence-corrected chi connectivity index (χ4v) is 3.01. The van der Waals surface area contributed by atoms with Crippen molar-refractivity contribution in [1.82, 2.24) is 0 Å². The molecule has 0 amide bonds. The van der Waals surface area contributed by atoms with E-state index < -0.39 is 10.9 Å². The van der Waals surface area contributed by atoms with Crippen LogP contribution in [0.1, 0.15) is 10.4 Å². The molecular weight excluding hydrogens is 346 g/mol. The number of nitro benzene ring substituents is 1. The van der Waals surface area contributed by atoms with Gasteiger partial charge < -0.3 is 5.11 Å². The lowest BCUT2D eigenvalue weighted by Gasteiger charge is -2.06. The number of hydrogen-bond acceptors (Lipinski definition) is 4. The number of benzene rings is 2. The van der Waals surface area contributed by atoms with E-state index in [1.54, 1.807) is 24.3 Å². The summed E-state index contributed by atoms with van der Waals surface area (Å²) in [5, 5.41) is 19.7. The Morgan fingerprint density at radius 1 is 1.20 bits per heavy atom. The molecule has 102 valence electrons. The van der Waals surface area contributed by atoms with Crippen LogP contribution in [0.15, 0.2) is 56.7 Å². The monoisotopic (exact) mass is 353 g/mol. The number of carboxylic acids is 1. The Kier molecular flexibility index (Phi) is 4.41. The quantitative estimate of drug-likeness (QED) is 0.657. The molecule has 1 N–H and O–H groups in total. The van der Waals surface area contributed by atoms with E-state index in [9.17, 15) is 14.9 Å². The molecule has 0 unspecified atom stereocenters. The molecule has 0 saturated carbocycles. The number of aromatic carboxylic acids is 1. The van der Waals surface area contributed by atoms with Crippen molar-refractivity contribution in [2.75, 3.05) is 0 Å². The summed E-state index contributed by atoms with van der Waals surface area (Å²) in [5.74, 6) is -1.01. The van der Waals surface area contributed by atoms with Crippen LogP contribution in [0.2, 0.25) is 0 Å². The highest BCUT2D eigenvalue weighted by Gasteiger charge is 2.12. The third-order valence-corrected chi connectivity index (χ3v) is 4.01. The molecular formula is C13H8BrNO4S. The molecule has 20 heavy (non-hydrogen) atoms. The predicted octanol–water partition coefficient (Wildman–Crippen LogP) is 4.21. The number of halogens is 1. The third kappa shape index (κ3) is 3.37. The summed E-state index contributed by atoms with van der Waals surface area (Å²) in [5.41, 5.74) is 0.193. The maximum atomic E-state index is 11.1. The lowest BCUT2D eigenvalue weighted by molar-refractivity contribution is -0.384. The van der Waals surface area contributed by atoms with E-state index in [1.807, 2.05) is 0 Å². The van der Waals surface area contributed by atoms with Gasteiger partial charge in [-0.05, 0) is 30.3 Å². The van der Waals surface area contributed by atoms with Crippen LogP contribution in [0.3, 0.4) is 0 Å². The molecule has 0 aromatic heterocycles. The van der Waals surface area contributed by atoms with Crippen LogP contribution in [0.5, 0.6) is 0 Å². The van der Waals surface area contributed by atoms with Crippen LogP contribution in [0.4, 0.5) is 5.69 Å². The number of carbonyl (C=O) groups is 1. The van der Waals surface area contributed by atoms with Crippen LogP contribution < -0.4 is 0 Å². The first-order chi connectivity index (χ1) is 9.47. The van der Waals surface area contributed by atoms with Crippen LogP contribution in [0, 0.1) is 10.1 Å². The molecule has 0 spiro atoms. The summed E-state index contributed by atoms with van der Waals surface area (Å²) in [4.78, 5) is 22.5. The molecule has 0 aliphatic carbocycles. The topological polar surface area (TPSA) is 80.4 Å². The van der Waals surface area contributed by atoms with Crippen molar-refractivity contribution in [3.8, 4) is 0 Å². The maximum Gasteiger partial charge on any atom is 0.336 e. The van der Waals surface area contributed by atoms with Crippen molar-refractivity contribution >= 4 is 39.3 Å². The van der Waals surface area contributed by atoms with Gasteiger partial charge in [0.25, 0.3) is 5.69 Å². The van der Waals surface area contributed by atoms with Crippen molar-refractivity contribution in [2.24, 2.45) is 0 Å². The molecule has 0 heterocycles. The molecule has 2 aromatic carbocycles. The molecule has 7 heteroatoms. The average Bonchev–Trinajstić information content (AvgIpc) is 2.39. The highest BCUT2D eigenvalue weighted by atomic mass is 79.9. The fourth-order valence-electron chi connectivity index (χ4n) is 1.52. The first-order valence-electron chi connectivity index (χ1n) is 5.42. The van der Waals surface area contributed by atoms with Gasteiger partial charge in [0.2, 0.25) is 0 Å². The summed E-state index contributed by atoms with van der Waals surface area (Å²) in [6.07, 6.45) is 0. The van der Waals surface area contributed by atoms with Gasteiger partial charge in [0.15, 0.2) is 0 Å². The molecule has 0 fully saturated rings. The Labute approximate surface area is 126 Å². The zero-order valence-electron chi connectivity index (χ0n) is 9.95. The summed E-state index contributed by atoms with van der Waals surface area (Å²) in [6.45, 7) is 0. The molecule has 2 aromatic rings. The van der Waals surface area contributed by atoms with Gasteiger partial charge in [-0.1, -0.05) is 27.7 Å². The second-order valence-electron chi connectivity index (χ2n) is 3.80. The number of rotatable bonds is 4. The number of non-ortho nitro benzene ring substituents is 1. The van der Waals surface area contributed by atoms with Gasteiger partial charge in [0, 0.05) is 26.4 Å². The normalized spacial score (nSPS) is 10.2. The number of nitrogens with zero attached hydrogens (tertiary/aromatic N) is 1. The largest absolute Gasteiger partial charge is 0.478 e. The Balaban J connectivity index is 2.31. The Morgan fingerprint density at radius 2 is 1.85 bits per heavy atom. The number of hydrogen-bond donors (Lipinski definition) is 1. The summed E-state index contributed by atoms with van der Waals surface area (Å²) >= 11 is 4.54. The lowest BCUT2D eigenvalue weighted by atomic mass is 10.2. The molecule has 0 aliphatic rings. The minimum absolute atomic E-state index is 0.00190. The highest BCUT2D eigenvalue weighted by Crippen LogP contribution is 2.33. The summed E-state index contributed by atoms with van der Waals surface area (Å²) < 4.78 is 0.770. The molecule has 0 bridgehead atoms. The minimum Gasteiger partial charge on any atom is -0.478 e. The van der Waals surface area contributed by atoms with E-state index in [0.717, 1.165) is 9.37 Å². The number of nitro groups is 1. The molecule has 0 atom stereocenters. The van der Waals surface area contributed by atoms with Crippen LogP contribution in [0.25, 0.3) is 0 Å². The summed E-state index contributed by atoms with van der Waals surface area (Å²) in [7, 11) is 0. The SMILES string of the molecule is O=C(O)c1ccc(Br)cc1Sc1ccc([N+](=O)[O-])cc1. The van der Waals surface area contributed by atoms with E-state index in [1.165, 1.54) is 30.0 Å². The van der Waals surface area contributed by atoms with Crippen molar-refractivity contribution in [3.63, 3.8) is 0 Å². The van der Waals surface area contributed by atoms with E-state index in [-0.39, 0.29) is 11.3 Å². The first-order valence-corrected chi connectivity index (χ1v) is 7.03. The van der Waals surface area contributed by atoms with Gasteiger partial charge >= 0.3 is 5.97 Å². The van der Waals surface area contributed by atoms with E-state index >= 15 is 0 Å². The Bertz CT molecular complexity index is 673. The Hall–Kier alpha value is -1.86. The third-order valence-electron chi connectivity index (χ3n) is 2.45. The molecule has 5 nitrogen and oxygen atoms in total. The van der Waals surface area contributed by atoms with Gasteiger partial charge in [-0.25, -0.2) is 4.79 Å². The van der Waals surface area contributed by atoms with Gasteiger partial charge in [-0.15, -0.1) is 0 Å². The van der Waals surface area contributed by atoms with Gasteiger partial charge in [-0.3, -0.25) is 10.1 Å². The van der Waals surface area contributed by atoms with Gasteiger partial charge in [0.05, 0.1) is 10.5 Å². The molecule has 0 radical (unpaired) electrons. The zero-order chi connectivity index (χ0) is 14.7. The van der Waals surface area contributed by atoms with Gasteiger partial charge in [0.1, 0.15) is 0 Å². The second-order valence-corrected chi connectivity index (χ2v) is 5.83. The minimum atomic E-state index is -1.01. The first kappa shape index (κ1) is 14.5. The van der Waals surface area contributed by atoms with E-state index in [2.05, 4.69) is 15.9 Å². The van der Waals surface area contributed by atoms with Crippen LogP contribution in [-0.4, -0.2) is 16.0 Å².